The smallest absolute Gasteiger partial charge is 0.329 e. The number of halogens is 2. The first-order chi connectivity index (χ1) is 6.99. The second-order valence-electron chi connectivity index (χ2n) is 3.41. The van der Waals surface area contributed by atoms with Gasteiger partial charge in [0.15, 0.2) is 0 Å². The van der Waals surface area contributed by atoms with E-state index in [2.05, 4.69) is 5.92 Å². The molecule has 0 spiro atoms. The fraction of sp³-hybridized carbons (Fsp3) is 0.700. The van der Waals surface area contributed by atoms with E-state index in [0.29, 0.717) is 12.8 Å². The summed E-state index contributed by atoms with van der Waals surface area (Å²) in [5, 5.41) is 8.37. The van der Waals surface area contributed by atoms with E-state index < -0.39 is 24.6 Å². The van der Waals surface area contributed by atoms with Crippen molar-refractivity contribution < 1.29 is 23.4 Å². The van der Waals surface area contributed by atoms with Crippen molar-refractivity contribution in [3.8, 4) is 11.8 Å². The standard InChI is InChI=1S/C10H12F2O3/c11-10(12)5-2-1-3-8(4-6-10)15-7-9(13)14/h8H,1,3-4,6-7H2,(H,13,14). The van der Waals surface area contributed by atoms with Crippen molar-refractivity contribution >= 4 is 5.97 Å². The minimum absolute atomic E-state index is 0.148. The van der Waals surface area contributed by atoms with Gasteiger partial charge in [-0.1, -0.05) is 5.92 Å². The molecule has 0 aromatic carbocycles. The summed E-state index contributed by atoms with van der Waals surface area (Å²) < 4.78 is 30.7. The van der Waals surface area contributed by atoms with Gasteiger partial charge in [0, 0.05) is 12.8 Å². The van der Waals surface area contributed by atoms with E-state index in [-0.39, 0.29) is 12.8 Å². The maximum atomic E-state index is 12.9. The zero-order valence-corrected chi connectivity index (χ0v) is 8.13. The van der Waals surface area contributed by atoms with Gasteiger partial charge in [0.2, 0.25) is 0 Å². The van der Waals surface area contributed by atoms with Crippen LogP contribution in [0.4, 0.5) is 8.78 Å². The van der Waals surface area contributed by atoms with E-state index >= 15 is 0 Å². The molecule has 0 fully saturated rings. The minimum Gasteiger partial charge on any atom is -0.480 e. The summed E-state index contributed by atoms with van der Waals surface area (Å²) >= 11 is 0. The summed E-state index contributed by atoms with van der Waals surface area (Å²) in [6, 6.07) is 0. The minimum atomic E-state index is -2.97. The highest BCUT2D eigenvalue weighted by molar-refractivity contribution is 5.68. The van der Waals surface area contributed by atoms with Crippen LogP contribution in [-0.4, -0.2) is 29.7 Å². The zero-order valence-electron chi connectivity index (χ0n) is 8.13. The van der Waals surface area contributed by atoms with E-state index in [0.717, 1.165) is 0 Å². The lowest BCUT2D eigenvalue weighted by Crippen LogP contribution is -2.23. The van der Waals surface area contributed by atoms with Gasteiger partial charge < -0.3 is 9.84 Å². The second-order valence-corrected chi connectivity index (χ2v) is 3.41. The molecule has 1 aliphatic carbocycles. The Kier molecular flexibility index (Phi) is 4.04. The molecule has 0 bridgehead atoms. The third-order valence-corrected chi connectivity index (χ3v) is 2.09. The first-order valence-electron chi connectivity index (χ1n) is 4.71. The van der Waals surface area contributed by atoms with Crippen LogP contribution in [0, 0.1) is 11.8 Å². The number of rotatable bonds is 3. The number of carboxylic acids is 1. The van der Waals surface area contributed by atoms with Gasteiger partial charge in [-0.3, -0.25) is 0 Å². The molecule has 0 heterocycles. The third-order valence-electron chi connectivity index (χ3n) is 2.09. The highest BCUT2D eigenvalue weighted by Crippen LogP contribution is 2.24. The Labute approximate surface area is 86.4 Å². The molecule has 1 aliphatic rings. The van der Waals surface area contributed by atoms with E-state index in [4.69, 9.17) is 9.84 Å². The summed E-state index contributed by atoms with van der Waals surface area (Å²) in [5.74, 6) is 0.204. The van der Waals surface area contributed by atoms with Crippen molar-refractivity contribution in [3.05, 3.63) is 0 Å². The van der Waals surface area contributed by atoms with Crippen LogP contribution >= 0.6 is 0 Å². The average Bonchev–Trinajstić information content (AvgIpc) is 2.12. The maximum absolute atomic E-state index is 12.9. The summed E-state index contributed by atoms with van der Waals surface area (Å²) in [7, 11) is 0. The molecule has 0 aliphatic heterocycles. The summed E-state index contributed by atoms with van der Waals surface area (Å²) in [5.41, 5.74) is 0. The molecule has 0 amide bonds. The molecule has 1 atom stereocenters. The fourth-order valence-corrected chi connectivity index (χ4v) is 1.33. The van der Waals surface area contributed by atoms with E-state index in [9.17, 15) is 13.6 Å². The normalized spacial score (nSPS) is 24.5. The zero-order chi connectivity index (χ0) is 11.3. The molecular formula is C10H12F2O3. The number of hydrogen-bond acceptors (Lipinski definition) is 2. The van der Waals surface area contributed by atoms with E-state index in [1.54, 1.807) is 0 Å². The van der Waals surface area contributed by atoms with Gasteiger partial charge in [-0.25, -0.2) is 4.79 Å². The monoisotopic (exact) mass is 218 g/mol. The lowest BCUT2D eigenvalue weighted by Gasteiger charge is -2.19. The number of ether oxygens (including phenoxy) is 1. The quantitative estimate of drug-likeness (QED) is 0.733. The Bertz CT molecular complexity index is 291. The van der Waals surface area contributed by atoms with Crippen LogP contribution < -0.4 is 0 Å². The molecule has 3 nitrogen and oxygen atoms in total. The van der Waals surface area contributed by atoms with Gasteiger partial charge in [-0.2, -0.15) is 8.78 Å². The predicted octanol–water partition coefficient (Wildman–Crippen LogP) is 1.67. The average molecular weight is 218 g/mol. The van der Waals surface area contributed by atoms with Crippen LogP contribution in [-0.2, 0) is 9.53 Å². The first-order valence-corrected chi connectivity index (χ1v) is 4.71. The number of carbonyl (C=O) groups is 1. The first kappa shape index (κ1) is 11.9. The van der Waals surface area contributed by atoms with Crippen LogP contribution in [0.15, 0.2) is 0 Å². The van der Waals surface area contributed by atoms with Crippen LogP contribution in [0.2, 0.25) is 0 Å². The number of hydrogen-bond donors (Lipinski definition) is 1. The molecule has 0 aromatic heterocycles. The molecule has 0 radical (unpaired) electrons. The van der Waals surface area contributed by atoms with Crippen LogP contribution in [0.25, 0.3) is 0 Å². The molecule has 0 saturated heterocycles. The van der Waals surface area contributed by atoms with Gasteiger partial charge in [0.1, 0.15) is 6.61 Å². The molecule has 84 valence electrons. The molecular weight excluding hydrogens is 206 g/mol. The third kappa shape index (κ3) is 4.75. The Morgan fingerprint density at radius 1 is 1.53 bits per heavy atom. The second kappa shape index (κ2) is 5.08. The molecule has 0 saturated carbocycles. The summed E-state index contributed by atoms with van der Waals surface area (Å²) in [6.07, 6.45) is 0.178. The van der Waals surface area contributed by atoms with Gasteiger partial charge in [-0.15, -0.1) is 0 Å². The Balaban J connectivity index is 2.44. The number of carboxylic acid groups (broad SMARTS) is 1. The summed E-state index contributed by atoms with van der Waals surface area (Å²) in [4.78, 5) is 10.2. The van der Waals surface area contributed by atoms with Crippen LogP contribution in [0.1, 0.15) is 25.7 Å². The van der Waals surface area contributed by atoms with Crippen molar-refractivity contribution in [3.63, 3.8) is 0 Å². The molecule has 1 unspecified atom stereocenters. The van der Waals surface area contributed by atoms with Crippen molar-refractivity contribution in [2.45, 2.75) is 37.7 Å². The van der Waals surface area contributed by atoms with Crippen molar-refractivity contribution in [2.24, 2.45) is 0 Å². The van der Waals surface area contributed by atoms with Crippen molar-refractivity contribution in [1.82, 2.24) is 0 Å². The molecule has 5 heteroatoms. The Morgan fingerprint density at radius 2 is 2.27 bits per heavy atom. The molecule has 1 N–H and O–H groups in total. The largest absolute Gasteiger partial charge is 0.480 e. The number of aliphatic carboxylic acids is 1. The Hall–Kier alpha value is -1.15. The summed E-state index contributed by atoms with van der Waals surface area (Å²) in [6.45, 7) is -0.441. The fourth-order valence-electron chi connectivity index (χ4n) is 1.33. The predicted molar refractivity (Wildman–Crippen MR) is 48.6 cm³/mol. The topological polar surface area (TPSA) is 46.5 Å². The van der Waals surface area contributed by atoms with Crippen molar-refractivity contribution in [2.75, 3.05) is 6.61 Å². The van der Waals surface area contributed by atoms with E-state index in [1.165, 1.54) is 0 Å². The lowest BCUT2D eigenvalue weighted by molar-refractivity contribution is -0.144. The van der Waals surface area contributed by atoms with Gasteiger partial charge in [0.25, 0.3) is 0 Å². The van der Waals surface area contributed by atoms with Crippen molar-refractivity contribution in [1.29, 1.82) is 0 Å². The SMILES string of the molecule is O=C(O)COC1CCC#CC(F)(F)CC1. The molecule has 0 aromatic rings. The highest BCUT2D eigenvalue weighted by Gasteiger charge is 2.28. The maximum Gasteiger partial charge on any atom is 0.329 e. The highest BCUT2D eigenvalue weighted by atomic mass is 19.3. The lowest BCUT2D eigenvalue weighted by atomic mass is 10.0. The van der Waals surface area contributed by atoms with Gasteiger partial charge >= 0.3 is 11.9 Å². The van der Waals surface area contributed by atoms with Gasteiger partial charge in [-0.05, 0) is 18.8 Å². The van der Waals surface area contributed by atoms with Crippen LogP contribution in [0.5, 0.6) is 0 Å². The number of alkyl halides is 2. The van der Waals surface area contributed by atoms with Crippen LogP contribution in [0.3, 0.4) is 0 Å². The Morgan fingerprint density at radius 3 is 2.93 bits per heavy atom. The molecule has 1 rings (SSSR count). The van der Waals surface area contributed by atoms with Gasteiger partial charge in [0.05, 0.1) is 6.10 Å². The molecule has 15 heavy (non-hydrogen) atoms. The van der Waals surface area contributed by atoms with E-state index in [1.807, 2.05) is 5.92 Å².